The number of benzene rings is 2. The number of carbonyl (C=O) groups is 1. The first-order valence-electron chi connectivity index (χ1n) is 10.4. The van der Waals surface area contributed by atoms with Crippen LogP contribution in [-0.2, 0) is 4.74 Å². The first-order chi connectivity index (χ1) is 14.6. The monoisotopic (exact) mass is 407 g/mol. The van der Waals surface area contributed by atoms with Crippen LogP contribution in [0.15, 0.2) is 30.3 Å². The summed E-state index contributed by atoms with van der Waals surface area (Å²) in [5.41, 5.74) is 4.60. The van der Waals surface area contributed by atoms with Crippen LogP contribution in [0.25, 0.3) is 22.2 Å². The molecule has 1 aliphatic heterocycles. The quantitative estimate of drug-likeness (QED) is 0.615. The van der Waals surface area contributed by atoms with Crippen molar-refractivity contribution in [1.29, 1.82) is 0 Å². The normalized spacial score (nSPS) is 18.3. The van der Waals surface area contributed by atoms with E-state index in [0.717, 1.165) is 35.0 Å². The minimum absolute atomic E-state index is 0.0435. The van der Waals surface area contributed by atoms with Crippen LogP contribution < -0.4 is 4.74 Å². The predicted molar refractivity (Wildman–Crippen MR) is 113 cm³/mol. The molecule has 156 valence electrons. The Balaban J connectivity index is 1.82. The molecule has 2 aromatic carbocycles. The lowest BCUT2D eigenvalue weighted by Gasteiger charge is -2.23. The molecule has 3 aromatic rings. The SMILES string of the molecule is COC(=O)c1ccc2c(C3CCCCC3)c3n(c2c1)C(O)c1c-3ccc(OC)c1O. The number of phenolic OH excluding ortho intramolecular Hbond substituents is 1. The highest BCUT2D eigenvalue weighted by atomic mass is 16.5. The fourth-order valence-corrected chi connectivity index (χ4v) is 5.26. The molecular formula is C24H25NO5. The lowest BCUT2D eigenvalue weighted by Crippen LogP contribution is -2.06. The fraction of sp³-hybridized carbons (Fsp3) is 0.375. The van der Waals surface area contributed by atoms with Gasteiger partial charge in [0.05, 0.1) is 36.6 Å². The van der Waals surface area contributed by atoms with E-state index in [1.807, 2.05) is 16.7 Å². The maximum absolute atomic E-state index is 12.2. The third-order valence-corrected chi connectivity index (χ3v) is 6.64. The number of hydrogen-bond donors (Lipinski definition) is 2. The van der Waals surface area contributed by atoms with Crippen molar-refractivity contribution in [3.63, 3.8) is 0 Å². The molecule has 2 heterocycles. The number of ether oxygens (including phenoxy) is 2. The zero-order valence-corrected chi connectivity index (χ0v) is 17.1. The van der Waals surface area contributed by atoms with Gasteiger partial charge in [0.2, 0.25) is 0 Å². The van der Waals surface area contributed by atoms with Crippen molar-refractivity contribution in [3.8, 4) is 22.8 Å². The van der Waals surface area contributed by atoms with Gasteiger partial charge in [0.1, 0.15) is 0 Å². The Hall–Kier alpha value is -2.99. The first-order valence-corrected chi connectivity index (χ1v) is 10.4. The second-order valence-electron chi connectivity index (χ2n) is 8.14. The molecule has 1 aromatic heterocycles. The van der Waals surface area contributed by atoms with Crippen molar-refractivity contribution in [2.75, 3.05) is 14.2 Å². The van der Waals surface area contributed by atoms with Crippen molar-refractivity contribution in [2.45, 2.75) is 44.2 Å². The number of carbonyl (C=O) groups excluding carboxylic acids is 1. The van der Waals surface area contributed by atoms with Gasteiger partial charge in [-0.05, 0) is 48.6 Å². The van der Waals surface area contributed by atoms with Gasteiger partial charge >= 0.3 is 5.97 Å². The Morgan fingerprint density at radius 3 is 2.53 bits per heavy atom. The fourth-order valence-electron chi connectivity index (χ4n) is 5.26. The summed E-state index contributed by atoms with van der Waals surface area (Å²) in [5.74, 6) is 0.250. The van der Waals surface area contributed by atoms with Gasteiger partial charge in [-0.15, -0.1) is 0 Å². The number of nitrogens with zero attached hydrogens (tertiary/aromatic N) is 1. The summed E-state index contributed by atoms with van der Waals surface area (Å²) in [4.78, 5) is 12.2. The van der Waals surface area contributed by atoms with E-state index in [2.05, 4.69) is 0 Å². The van der Waals surface area contributed by atoms with E-state index in [4.69, 9.17) is 9.47 Å². The lowest BCUT2D eigenvalue weighted by atomic mass is 9.81. The number of esters is 1. The number of methoxy groups -OCH3 is 2. The van der Waals surface area contributed by atoms with Crippen LogP contribution in [0, 0.1) is 0 Å². The van der Waals surface area contributed by atoms with Gasteiger partial charge in [-0.3, -0.25) is 0 Å². The maximum Gasteiger partial charge on any atom is 0.337 e. The molecule has 0 radical (unpaired) electrons. The maximum atomic E-state index is 12.2. The van der Waals surface area contributed by atoms with Gasteiger partial charge < -0.3 is 24.3 Å². The number of phenols is 1. The van der Waals surface area contributed by atoms with Gasteiger partial charge in [-0.1, -0.05) is 25.3 Å². The van der Waals surface area contributed by atoms with Crippen molar-refractivity contribution in [1.82, 2.24) is 4.57 Å². The molecule has 0 bridgehead atoms. The average Bonchev–Trinajstić information content (AvgIpc) is 3.27. The topological polar surface area (TPSA) is 80.9 Å². The smallest absolute Gasteiger partial charge is 0.337 e. The minimum Gasteiger partial charge on any atom is -0.504 e. The standard InChI is InChI=1S/C24H25NO5/c1-29-18-11-10-16-20(22(18)26)23(27)25-17-12-14(24(28)30-2)8-9-15(17)19(21(16)25)13-6-4-3-5-7-13/h8-13,23,26-27H,3-7H2,1-2H3. The number of aromatic nitrogens is 1. The zero-order valence-electron chi connectivity index (χ0n) is 17.1. The number of aliphatic hydroxyl groups excluding tert-OH is 1. The van der Waals surface area contributed by atoms with E-state index in [1.165, 1.54) is 39.0 Å². The lowest BCUT2D eigenvalue weighted by molar-refractivity contribution is 0.0600. The molecule has 0 saturated heterocycles. The molecule has 1 atom stereocenters. The number of rotatable bonds is 3. The van der Waals surface area contributed by atoms with Crippen molar-refractivity contribution < 1.29 is 24.5 Å². The molecule has 5 rings (SSSR count). The predicted octanol–water partition coefficient (Wildman–Crippen LogP) is 4.71. The third-order valence-electron chi connectivity index (χ3n) is 6.64. The number of hydrogen-bond acceptors (Lipinski definition) is 5. The Labute approximate surface area is 174 Å². The van der Waals surface area contributed by atoms with E-state index in [9.17, 15) is 15.0 Å². The summed E-state index contributed by atoms with van der Waals surface area (Å²) >= 11 is 0. The highest BCUT2D eigenvalue weighted by Crippen LogP contribution is 2.54. The van der Waals surface area contributed by atoms with Gasteiger partial charge in [0.15, 0.2) is 17.7 Å². The van der Waals surface area contributed by atoms with E-state index < -0.39 is 12.2 Å². The van der Waals surface area contributed by atoms with Crippen LogP contribution in [0.5, 0.6) is 11.5 Å². The second-order valence-corrected chi connectivity index (χ2v) is 8.14. The molecule has 6 heteroatoms. The first kappa shape index (κ1) is 19.0. The van der Waals surface area contributed by atoms with Crippen molar-refractivity contribution >= 4 is 16.9 Å². The number of aliphatic hydroxyl groups is 1. The van der Waals surface area contributed by atoms with Crippen LogP contribution >= 0.6 is 0 Å². The number of fused-ring (bicyclic) bond motifs is 5. The van der Waals surface area contributed by atoms with Gasteiger partial charge in [-0.25, -0.2) is 4.79 Å². The van der Waals surface area contributed by atoms with Crippen LogP contribution in [0.2, 0.25) is 0 Å². The molecule has 6 nitrogen and oxygen atoms in total. The summed E-state index contributed by atoms with van der Waals surface area (Å²) in [7, 11) is 2.85. The molecule has 2 aliphatic rings. The van der Waals surface area contributed by atoms with Gasteiger partial charge in [0.25, 0.3) is 0 Å². The number of aromatic hydroxyl groups is 1. The molecule has 0 amide bonds. The Bertz CT molecular complexity index is 1160. The van der Waals surface area contributed by atoms with Gasteiger partial charge in [0, 0.05) is 10.9 Å². The summed E-state index contributed by atoms with van der Waals surface area (Å²) in [6.45, 7) is 0. The molecule has 1 unspecified atom stereocenters. The van der Waals surface area contributed by atoms with Crippen molar-refractivity contribution in [2.24, 2.45) is 0 Å². The summed E-state index contributed by atoms with van der Waals surface area (Å²) in [6, 6.07) is 9.17. The van der Waals surface area contributed by atoms with E-state index in [-0.39, 0.29) is 5.75 Å². The molecule has 1 aliphatic carbocycles. The molecule has 1 fully saturated rings. The average molecular weight is 407 g/mol. The van der Waals surface area contributed by atoms with E-state index >= 15 is 0 Å². The third kappa shape index (κ3) is 2.56. The molecule has 1 saturated carbocycles. The van der Waals surface area contributed by atoms with Crippen LogP contribution in [-0.4, -0.2) is 35.0 Å². The van der Waals surface area contributed by atoms with Crippen LogP contribution in [0.3, 0.4) is 0 Å². The molecule has 30 heavy (non-hydrogen) atoms. The highest BCUT2D eigenvalue weighted by Gasteiger charge is 2.38. The Morgan fingerprint density at radius 2 is 1.83 bits per heavy atom. The van der Waals surface area contributed by atoms with E-state index in [0.29, 0.717) is 22.8 Å². The summed E-state index contributed by atoms with van der Waals surface area (Å²) in [6.07, 6.45) is 4.74. The largest absolute Gasteiger partial charge is 0.504 e. The van der Waals surface area contributed by atoms with Crippen LogP contribution in [0.1, 0.15) is 65.7 Å². The zero-order chi connectivity index (χ0) is 21.0. The summed E-state index contributed by atoms with van der Waals surface area (Å²) in [5, 5.41) is 23.1. The Kier molecular flexibility index (Phi) is 4.47. The van der Waals surface area contributed by atoms with Gasteiger partial charge in [-0.2, -0.15) is 0 Å². The highest BCUT2D eigenvalue weighted by molar-refractivity contribution is 6.00. The summed E-state index contributed by atoms with van der Waals surface area (Å²) < 4.78 is 12.0. The minimum atomic E-state index is -1.06. The second kappa shape index (κ2) is 7.06. The Morgan fingerprint density at radius 1 is 1.07 bits per heavy atom. The van der Waals surface area contributed by atoms with Crippen molar-refractivity contribution in [3.05, 3.63) is 47.0 Å². The molecular weight excluding hydrogens is 382 g/mol. The molecule has 0 spiro atoms. The van der Waals surface area contributed by atoms with E-state index in [1.54, 1.807) is 18.2 Å². The molecule has 2 N–H and O–H groups in total. The van der Waals surface area contributed by atoms with Crippen LogP contribution in [0.4, 0.5) is 0 Å².